The molecule has 0 spiro atoms. The fraction of sp³-hybridized carbons (Fsp3) is 0.481. The van der Waals surface area contributed by atoms with E-state index in [9.17, 15) is 14.7 Å². The minimum Gasteiger partial charge on any atom is -0.385 e. The third-order valence-electron chi connectivity index (χ3n) is 7.27. The normalized spacial score (nSPS) is 19.5. The number of benzene rings is 1. The van der Waals surface area contributed by atoms with Crippen molar-refractivity contribution in [3.05, 3.63) is 53.1 Å². The topological polar surface area (TPSA) is 112 Å². The van der Waals surface area contributed by atoms with Gasteiger partial charge in [-0.2, -0.15) is 0 Å². The van der Waals surface area contributed by atoms with Crippen LogP contribution in [0.25, 0.3) is 5.57 Å². The number of allylic oxidation sites excluding steroid dienone is 2. The number of carbonyl (C=O) groups is 2. The summed E-state index contributed by atoms with van der Waals surface area (Å²) in [6.45, 7) is 7.15. The molecule has 4 N–H and O–H groups in total. The molecule has 2 heterocycles. The molecule has 0 radical (unpaired) electrons. The number of hydrogen-bond donors (Lipinski definition) is 4. The maximum atomic E-state index is 13.0. The first kappa shape index (κ1) is 24.9. The first-order valence-corrected chi connectivity index (χ1v) is 12.3. The van der Waals surface area contributed by atoms with Crippen molar-refractivity contribution in [1.29, 1.82) is 0 Å². The van der Waals surface area contributed by atoms with Gasteiger partial charge in [-0.3, -0.25) is 9.59 Å². The number of H-pyrrole nitrogens is 1. The Morgan fingerprint density at radius 3 is 2.60 bits per heavy atom. The van der Waals surface area contributed by atoms with Crippen molar-refractivity contribution in [3.8, 4) is 0 Å². The summed E-state index contributed by atoms with van der Waals surface area (Å²) in [6, 6.07) is 5.78. The van der Waals surface area contributed by atoms with Crippen molar-refractivity contribution in [2.24, 2.45) is 5.41 Å². The van der Waals surface area contributed by atoms with Crippen LogP contribution in [-0.4, -0.2) is 58.1 Å². The van der Waals surface area contributed by atoms with Crippen LogP contribution in [0.4, 0.5) is 5.69 Å². The standard InChI is InChI=1S/C27H35N5O3/c1-18(33)32-13-11-27(35,12-14-32)20-5-6-23(22(15-20)19-7-9-26(2,3)10-8-19)31-25(34)24-29-17-21(30-24)16-28-4/h5-7,15-17,35H,8-14H2,1-4H3,(H,29,30)(H,31,34)/p+1. The van der Waals surface area contributed by atoms with Crippen molar-refractivity contribution < 1.29 is 19.7 Å². The van der Waals surface area contributed by atoms with Gasteiger partial charge in [0.25, 0.3) is 5.91 Å². The lowest BCUT2D eigenvalue weighted by Crippen LogP contribution is -2.63. The maximum absolute atomic E-state index is 13.0. The van der Waals surface area contributed by atoms with Crippen LogP contribution in [0.1, 0.15) is 80.3 Å². The molecule has 1 aromatic carbocycles. The van der Waals surface area contributed by atoms with Crippen molar-refractivity contribution >= 4 is 29.3 Å². The third-order valence-corrected chi connectivity index (χ3v) is 7.27. The first-order chi connectivity index (χ1) is 16.6. The quantitative estimate of drug-likeness (QED) is 0.494. The van der Waals surface area contributed by atoms with E-state index in [4.69, 9.17) is 0 Å². The van der Waals surface area contributed by atoms with Gasteiger partial charge < -0.3 is 20.3 Å². The Hall–Kier alpha value is -3.26. The van der Waals surface area contributed by atoms with Gasteiger partial charge in [0, 0.05) is 31.3 Å². The van der Waals surface area contributed by atoms with E-state index >= 15 is 0 Å². The fourth-order valence-electron chi connectivity index (χ4n) is 4.87. The van der Waals surface area contributed by atoms with Gasteiger partial charge in [0.2, 0.25) is 5.91 Å². The van der Waals surface area contributed by atoms with Gasteiger partial charge in [-0.15, -0.1) is 0 Å². The van der Waals surface area contributed by atoms with Crippen LogP contribution < -0.4 is 10.3 Å². The van der Waals surface area contributed by atoms with E-state index in [1.807, 2.05) is 18.2 Å². The molecule has 1 fully saturated rings. The Balaban J connectivity index is 1.65. The average molecular weight is 479 g/mol. The Labute approximate surface area is 206 Å². The maximum Gasteiger partial charge on any atom is 0.291 e. The van der Waals surface area contributed by atoms with E-state index in [1.54, 1.807) is 31.3 Å². The predicted molar refractivity (Wildman–Crippen MR) is 136 cm³/mol. The summed E-state index contributed by atoms with van der Waals surface area (Å²) >= 11 is 0. The van der Waals surface area contributed by atoms with Crippen molar-refractivity contribution in [2.75, 3.05) is 25.5 Å². The van der Waals surface area contributed by atoms with E-state index in [-0.39, 0.29) is 23.1 Å². The van der Waals surface area contributed by atoms with Crippen LogP contribution in [0.3, 0.4) is 0 Å². The van der Waals surface area contributed by atoms with Gasteiger partial charge in [-0.05, 0) is 60.8 Å². The van der Waals surface area contributed by atoms with Crippen LogP contribution >= 0.6 is 0 Å². The molecular formula is C27H36N5O3+. The van der Waals surface area contributed by atoms with Crippen molar-refractivity contribution in [1.82, 2.24) is 14.9 Å². The van der Waals surface area contributed by atoms with Crippen molar-refractivity contribution in [2.45, 2.75) is 58.5 Å². The second-order valence-electron chi connectivity index (χ2n) is 10.5. The Morgan fingerprint density at radius 1 is 1.23 bits per heavy atom. The summed E-state index contributed by atoms with van der Waals surface area (Å²) in [5, 5.41) is 14.5. The number of amides is 2. The van der Waals surface area contributed by atoms with E-state index < -0.39 is 5.60 Å². The summed E-state index contributed by atoms with van der Waals surface area (Å²) in [6.07, 6.45) is 9.48. The van der Waals surface area contributed by atoms with Gasteiger partial charge in [0.1, 0.15) is 12.7 Å². The molecule has 4 rings (SSSR count). The summed E-state index contributed by atoms with van der Waals surface area (Å²) < 4.78 is 0. The zero-order valence-electron chi connectivity index (χ0n) is 21.1. The Bertz CT molecular complexity index is 1170. The number of aromatic amines is 1. The van der Waals surface area contributed by atoms with Gasteiger partial charge in [-0.1, -0.05) is 26.0 Å². The molecule has 8 heteroatoms. The third kappa shape index (κ3) is 5.53. The monoisotopic (exact) mass is 478 g/mol. The molecule has 0 bridgehead atoms. The molecule has 8 nitrogen and oxygen atoms in total. The fourth-order valence-corrected chi connectivity index (χ4v) is 4.87. The molecule has 0 unspecified atom stereocenters. The van der Waals surface area contributed by atoms with Crippen LogP contribution in [-0.2, 0) is 10.4 Å². The summed E-state index contributed by atoms with van der Waals surface area (Å²) in [4.78, 5) is 36.6. The Kier molecular flexibility index (Phi) is 6.94. The van der Waals surface area contributed by atoms with Gasteiger partial charge in [0.15, 0.2) is 12.0 Å². The number of piperidine rings is 1. The molecular weight excluding hydrogens is 442 g/mol. The number of hydrogen-bond acceptors (Lipinski definition) is 4. The van der Waals surface area contributed by atoms with Crippen LogP contribution in [0.15, 0.2) is 30.5 Å². The molecule has 35 heavy (non-hydrogen) atoms. The van der Waals surface area contributed by atoms with Gasteiger partial charge in [-0.25, -0.2) is 9.98 Å². The van der Waals surface area contributed by atoms with Crippen LogP contribution in [0, 0.1) is 5.41 Å². The van der Waals surface area contributed by atoms with E-state index in [0.29, 0.717) is 37.3 Å². The average Bonchev–Trinajstić information content (AvgIpc) is 3.29. The second-order valence-corrected chi connectivity index (χ2v) is 10.5. The molecule has 0 saturated carbocycles. The molecule has 186 valence electrons. The van der Waals surface area contributed by atoms with Crippen LogP contribution in [0.2, 0.25) is 0 Å². The Morgan fingerprint density at radius 2 is 1.97 bits per heavy atom. The lowest BCUT2D eigenvalue weighted by atomic mass is 9.76. The number of imidazole rings is 1. The number of anilines is 1. The SMILES string of the molecule is C[NH+]=Cc1cnc(C(=O)Nc2ccc(C3(O)CCN(C(C)=O)CC3)cc2C2=CCC(C)(C)CC2)[nH]1. The summed E-state index contributed by atoms with van der Waals surface area (Å²) in [5.74, 6) is -0.0512. The number of likely N-dealkylation sites (tertiary alicyclic amines) is 1. The van der Waals surface area contributed by atoms with E-state index in [0.717, 1.165) is 30.4 Å². The highest BCUT2D eigenvalue weighted by molar-refractivity contribution is 6.03. The van der Waals surface area contributed by atoms with Gasteiger partial charge >= 0.3 is 0 Å². The molecule has 1 aliphatic carbocycles. The largest absolute Gasteiger partial charge is 0.385 e. The van der Waals surface area contributed by atoms with E-state index in [2.05, 4.69) is 40.2 Å². The summed E-state index contributed by atoms with van der Waals surface area (Å²) in [5.41, 5.74) is 3.59. The first-order valence-electron chi connectivity index (χ1n) is 12.3. The molecule has 1 aliphatic heterocycles. The molecule has 0 atom stereocenters. The number of rotatable bonds is 5. The molecule has 1 aromatic heterocycles. The highest BCUT2D eigenvalue weighted by atomic mass is 16.3. The van der Waals surface area contributed by atoms with Crippen LogP contribution in [0.5, 0.6) is 0 Å². The zero-order chi connectivity index (χ0) is 25.2. The lowest BCUT2D eigenvalue weighted by Gasteiger charge is -2.38. The highest BCUT2D eigenvalue weighted by Gasteiger charge is 2.35. The number of carbonyl (C=O) groups excluding carboxylic acids is 2. The minimum atomic E-state index is -1.00. The number of nitrogens with zero attached hydrogens (tertiary/aromatic N) is 2. The second kappa shape index (κ2) is 9.77. The predicted octanol–water partition coefficient (Wildman–Crippen LogP) is 2.21. The highest BCUT2D eigenvalue weighted by Crippen LogP contribution is 2.42. The molecule has 2 aromatic rings. The minimum absolute atomic E-state index is 0.0363. The number of nitrogens with one attached hydrogen (secondary N) is 3. The molecule has 2 amide bonds. The van der Waals surface area contributed by atoms with Gasteiger partial charge in [0.05, 0.1) is 11.8 Å². The van der Waals surface area contributed by atoms with Crippen molar-refractivity contribution in [3.63, 3.8) is 0 Å². The number of aliphatic hydroxyl groups is 1. The van der Waals surface area contributed by atoms with E-state index in [1.165, 1.54) is 5.57 Å². The molecule has 2 aliphatic rings. The smallest absolute Gasteiger partial charge is 0.291 e. The lowest BCUT2D eigenvalue weighted by molar-refractivity contribution is -0.413. The number of aromatic nitrogens is 2. The zero-order valence-corrected chi connectivity index (χ0v) is 21.1. The summed E-state index contributed by atoms with van der Waals surface area (Å²) in [7, 11) is 1.78. The molecule has 1 saturated heterocycles.